The van der Waals surface area contributed by atoms with Crippen molar-refractivity contribution >= 4 is 23.8 Å². The number of benzene rings is 2. The number of furan rings is 1. The molecular weight excluding hydrogens is 352 g/mol. The van der Waals surface area contributed by atoms with Crippen molar-refractivity contribution in [1.29, 1.82) is 0 Å². The number of nitrogens with zero attached hydrogens (tertiary/aromatic N) is 1. The van der Waals surface area contributed by atoms with E-state index in [4.69, 9.17) is 20.9 Å². The zero-order chi connectivity index (χ0) is 17.8. The number of oxime groups is 1. The van der Waals surface area contributed by atoms with Gasteiger partial charge in [-0.05, 0) is 48.5 Å². The van der Waals surface area contributed by atoms with E-state index >= 15 is 0 Å². The van der Waals surface area contributed by atoms with Crippen molar-refractivity contribution in [2.24, 2.45) is 5.16 Å². The fraction of sp³-hybridized carbons (Fsp3) is 0. The van der Waals surface area contributed by atoms with E-state index in [9.17, 15) is 13.6 Å². The van der Waals surface area contributed by atoms with Crippen LogP contribution in [0.5, 0.6) is 0 Å². The Morgan fingerprint density at radius 1 is 1.08 bits per heavy atom. The van der Waals surface area contributed by atoms with E-state index in [0.717, 1.165) is 12.1 Å². The molecule has 3 rings (SSSR count). The van der Waals surface area contributed by atoms with Crippen LogP contribution in [0.15, 0.2) is 64.2 Å². The van der Waals surface area contributed by atoms with Crippen molar-refractivity contribution in [3.05, 3.63) is 82.6 Å². The van der Waals surface area contributed by atoms with Crippen LogP contribution in [0, 0.1) is 11.6 Å². The van der Waals surface area contributed by atoms with Crippen molar-refractivity contribution in [3.63, 3.8) is 0 Å². The fourth-order valence-electron chi connectivity index (χ4n) is 2.02. The quantitative estimate of drug-likeness (QED) is 0.370. The predicted octanol–water partition coefficient (Wildman–Crippen LogP) is 5.07. The summed E-state index contributed by atoms with van der Waals surface area (Å²) < 4.78 is 32.0. The first-order valence-electron chi connectivity index (χ1n) is 7.08. The summed E-state index contributed by atoms with van der Waals surface area (Å²) in [5.41, 5.74) is 0.397. The molecule has 7 heteroatoms. The Balaban J connectivity index is 1.67. The van der Waals surface area contributed by atoms with Crippen molar-refractivity contribution < 1.29 is 22.8 Å². The van der Waals surface area contributed by atoms with Crippen molar-refractivity contribution in [2.45, 2.75) is 0 Å². The van der Waals surface area contributed by atoms with Gasteiger partial charge in [0.2, 0.25) is 0 Å². The molecule has 0 spiro atoms. The summed E-state index contributed by atoms with van der Waals surface area (Å²) in [6.07, 6.45) is 1.17. The number of rotatable bonds is 4. The first kappa shape index (κ1) is 16.9. The van der Waals surface area contributed by atoms with Crippen molar-refractivity contribution in [3.8, 4) is 11.3 Å². The van der Waals surface area contributed by atoms with Crippen LogP contribution in [0.3, 0.4) is 0 Å². The van der Waals surface area contributed by atoms with Gasteiger partial charge in [-0.2, -0.15) is 0 Å². The van der Waals surface area contributed by atoms with Crippen LogP contribution >= 0.6 is 11.6 Å². The number of carbonyl (C=O) groups excluding carboxylic acids is 1. The lowest BCUT2D eigenvalue weighted by molar-refractivity contribution is 0.0519. The maximum Gasteiger partial charge on any atom is 0.365 e. The Kier molecular flexibility index (Phi) is 4.90. The van der Waals surface area contributed by atoms with Gasteiger partial charge in [-0.3, -0.25) is 0 Å². The van der Waals surface area contributed by atoms with Gasteiger partial charge < -0.3 is 9.25 Å². The van der Waals surface area contributed by atoms with Gasteiger partial charge in [-0.15, -0.1) is 0 Å². The van der Waals surface area contributed by atoms with Gasteiger partial charge >= 0.3 is 5.97 Å². The van der Waals surface area contributed by atoms with E-state index in [2.05, 4.69) is 5.16 Å². The normalized spacial score (nSPS) is 11.0. The summed E-state index contributed by atoms with van der Waals surface area (Å²) in [7, 11) is 0. The van der Waals surface area contributed by atoms with Gasteiger partial charge in [0.05, 0.1) is 11.1 Å². The van der Waals surface area contributed by atoms with Crippen LogP contribution < -0.4 is 0 Å². The Morgan fingerprint density at radius 3 is 2.56 bits per heavy atom. The molecule has 0 N–H and O–H groups in total. The van der Waals surface area contributed by atoms with E-state index in [0.29, 0.717) is 5.02 Å². The highest BCUT2D eigenvalue weighted by atomic mass is 35.5. The second kappa shape index (κ2) is 7.27. The summed E-state index contributed by atoms with van der Waals surface area (Å²) in [4.78, 5) is 16.5. The Morgan fingerprint density at radius 2 is 1.84 bits per heavy atom. The molecule has 2 aromatic carbocycles. The topological polar surface area (TPSA) is 51.8 Å². The minimum absolute atomic E-state index is 0.110. The predicted molar refractivity (Wildman–Crippen MR) is 88.5 cm³/mol. The largest absolute Gasteiger partial charge is 0.455 e. The van der Waals surface area contributed by atoms with E-state index in [1.54, 1.807) is 12.1 Å². The second-order valence-corrected chi connectivity index (χ2v) is 5.38. The first-order chi connectivity index (χ1) is 12.0. The lowest BCUT2D eigenvalue weighted by Gasteiger charge is -1.99. The number of halogens is 3. The first-order valence-corrected chi connectivity index (χ1v) is 7.46. The molecule has 0 saturated heterocycles. The minimum Gasteiger partial charge on any atom is -0.455 e. The summed E-state index contributed by atoms with van der Waals surface area (Å²) in [6, 6.07) is 12.3. The third kappa shape index (κ3) is 4.10. The van der Waals surface area contributed by atoms with Gasteiger partial charge in [-0.25, -0.2) is 13.6 Å². The molecule has 0 unspecified atom stereocenters. The van der Waals surface area contributed by atoms with Gasteiger partial charge in [0.25, 0.3) is 0 Å². The molecule has 3 aromatic rings. The van der Waals surface area contributed by atoms with Gasteiger partial charge in [-0.1, -0.05) is 16.8 Å². The molecule has 0 aliphatic heterocycles. The Bertz CT molecular complexity index is 936. The Hall–Kier alpha value is -2.99. The third-order valence-electron chi connectivity index (χ3n) is 3.22. The van der Waals surface area contributed by atoms with E-state index < -0.39 is 17.6 Å². The number of hydrogen-bond donors (Lipinski definition) is 0. The number of carbonyl (C=O) groups is 1. The third-order valence-corrected chi connectivity index (χ3v) is 3.47. The van der Waals surface area contributed by atoms with Crippen LogP contribution in [0.25, 0.3) is 11.3 Å². The van der Waals surface area contributed by atoms with Crippen molar-refractivity contribution in [2.75, 3.05) is 0 Å². The number of hydrogen-bond acceptors (Lipinski definition) is 4. The molecule has 1 aromatic heterocycles. The van der Waals surface area contributed by atoms with Crippen LogP contribution in [-0.4, -0.2) is 12.2 Å². The molecule has 25 heavy (non-hydrogen) atoms. The van der Waals surface area contributed by atoms with E-state index in [1.807, 2.05) is 0 Å². The smallest absolute Gasteiger partial charge is 0.365 e. The van der Waals surface area contributed by atoms with Crippen LogP contribution in [0.2, 0.25) is 5.02 Å². The molecule has 4 nitrogen and oxygen atoms in total. The van der Waals surface area contributed by atoms with Crippen LogP contribution in [-0.2, 0) is 4.84 Å². The summed E-state index contributed by atoms with van der Waals surface area (Å²) in [5, 5.41) is 4.03. The summed E-state index contributed by atoms with van der Waals surface area (Å²) in [5.74, 6) is -1.65. The molecule has 0 aliphatic rings. The minimum atomic E-state index is -0.744. The lowest BCUT2D eigenvalue weighted by atomic mass is 10.1. The van der Waals surface area contributed by atoms with Crippen LogP contribution in [0.4, 0.5) is 8.78 Å². The molecule has 126 valence electrons. The van der Waals surface area contributed by atoms with Gasteiger partial charge in [0.15, 0.2) is 0 Å². The molecule has 0 fully saturated rings. The molecular formula is C18H10ClF2NO3. The van der Waals surface area contributed by atoms with Crippen molar-refractivity contribution in [1.82, 2.24) is 0 Å². The van der Waals surface area contributed by atoms with Crippen LogP contribution in [0.1, 0.15) is 16.1 Å². The monoisotopic (exact) mass is 361 g/mol. The summed E-state index contributed by atoms with van der Waals surface area (Å²) in [6.45, 7) is 0. The Labute approximate surface area is 146 Å². The lowest BCUT2D eigenvalue weighted by Crippen LogP contribution is -2.00. The average molecular weight is 362 g/mol. The zero-order valence-electron chi connectivity index (χ0n) is 12.6. The highest BCUT2D eigenvalue weighted by Gasteiger charge is 2.10. The SMILES string of the molecule is O=C(ON=Cc1ccc(-c2ccc(F)cc2F)o1)c1ccc(Cl)cc1. The maximum atomic E-state index is 13.7. The second-order valence-electron chi connectivity index (χ2n) is 4.95. The molecule has 1 heterocycles. The fourth-order valence-corrected chi connectivity index (χ4v) is 2.15. The molecule has 0 aliphatic carbocycles. The maximum absolute atomic E-state index is 13.7. The van der Waals surface area contributed by atoms with Gasteiger partial charge in [0, 0.05) is 11.1 Å². The molecule has 0 atom stereocenters. The summed E-state index contributed by atoms with van der Waals surface area (Å²) >= 11 is 5.73. The van der Waals surface area contributed by atoms with E-state index in [1.165, 1.54) is 36.5 Å². The average Bonchev–Trinajstić information content (AvgIpc) is 3.04. The molecule has 0 radical (unpaired) electrons. The standard InChI is InChI=1S/C18H10ClF2NO3/c19-12-3-1-11(2-4-12)18(23)25-22-10-14-6-8-17(24-14)15-7-5-13(20)9-16(15)21/h1-10H. The zero-order valence-corrected chi connectivity index (χ0v) is 13.3. The molecule has 0 saturated carbocycles. The highest BCUT2D eigenvalue weighted by Crippen LogP contribution is 2.25. The van der Waals surface area contributed by atoms with E-state index in [-0.39, 0.29) is 22.6 Å². The molecule has 0 bridgehead atoms. The highest BCUT2D eigenvalue weighted by molar-refractivity contribution is 6.30. The molecule has 0 amide bonds. The van der Waals surface area contributed by atoms with Gasteiger partial charge in [0.1, 0.15) is 29.4 Å².